The molecule has 1 aromatic heterocycles. The Morgan fingerprint density at radius 2 is 2.24 bits per heavy atom. The van der Waals surface area contributed by atoms with E-state index in [0.29, 0.717) is 28.7 Å². The highest BCUT2D eigenvalue weighted by atomic mass is 79.9. The van der Waals surface area contributed by atoms with Gasteiger partial charge in [-0.3, -0.25) is 19.9 Å². The van der Waals surface area contributed by atoms with Gasteiger partial charge in [0.1, 0.15) is 5.69 Å². The fraction of sp³-hybridized carbons (Fsp3) is 0.143. The van der Waals surface area contributed by atoms with Crippen LogP contribution in [0, 0.1) is 10.1 Å². The van der Waals surface area contributed by atoms with Crippen molar-refractivity contribution >= 4 is 33.2 Å². The molecular formula is C14H10BrN3O3. The number of fused-ring (bicyclic) bond motifs is 1. The summed E-state index contributed by atoms with van der Waals surface area (Å²) in [5.74, 6) is -0.271. The number of pyridine rings is 1. The van der Waals surface area contributed by atoms with Gasteiger partial charge < -0.3 is 4.90 Å². The number of nitro benzene ring substituents is 1. The van der Waals surface area contributed by atoms with Gasteiger partial charge in [0, 0.05) is 29.5 Å². The molecule has 1 amide bonds. The molecule has 1 aliphatic rings. The lowest BCUT2D eigenvalue weighted by Gasteiger charge is -2.17. The molecule has 0 fully saturated rings. The van der Waals surface area contributed by atoms with Crippen LogP contribution in [0.3, 0.4) is 0 Å². The maximum Gasteiger partial charge on any atom is 0.294 e. The summed E-state index contributed by atoms with van der Waals surface area (Å²) in [7, 11) is 0. The number of nitrogens with zero attached hydrogens (tertiary/aromatic N) is 3. The SMILES string of the molecule is O=C(c1cccnc1)N1CCc2cc(Br)cc([N+](=O)[O-])c21. The molecule has 0 unspecified atom stereocenters. The minimum absolute atomic E-state index is 0.0610. The van der Waals surface area contributed by atoms with Crippen LogP contribution in [0.25, 0.3) is 0 Å². The Morgan fingerprint density at radius 3 is 2.90 bits per heavy atom. The molecular weight excluding hydrogens is 338 g/mol. The molecule has 0 N–H and O–H groups in total. The van der Waals surface area contributed by atoms with E-state index in [2.05, 4.69) is 20.9 Å². The molecule has 2 aromatic rings. The second-order valence-electron chi connectivity index (χ2n) is 4.64. The minimum atomic E-state index is -0.460. The maximum atomic E-state index is 12.5. The molecule has 6 nitrogen and oxygen atoms in total. The Kier molecular flexibility index (Phi) is 3.42. The number of aromatic nitrogens is 1. The summed E-state index contributed by atoms with van der Waals surface area (Å²) in [4.78, 5) is 28.7. The highest BCUT2D eigenvalue weighted by molar-refractivity contribution is 9.10. The van der Waals surface area contributed by atoms with Gasteiger partial charge >= 0.3 is 0 Å². The summed E-state index contributed by atoms with van der Waals surface area (Å²) in [5, 5.41) is 11.3. The van der Waals surface area contributed by atoms with E-state index in [1.54, 1.807) is 18.3 Å². The first-order valence-electron chi connectivity index (χ1n) is 6.26. The van der Waals surface area contributed by atoms with Gasteiger partial charge in [-0.2, -0.15) is 0 Å². The highest BCUT2D eigenvalue weighted by Gasteiger charge is 2.33. The molecule has 0 bridgehead atoms. The number of rotatable bonds is 2. The zero-order valence-corrected chi connectivity index (χ0v) is 12.4. The fourth-order valence-electron chi connectivity index (χ4n) is 2.47. The van der Waals surface area contributed by atoms with Crippen LogP contribution in [0.1, 0.15) is 15.9 Å². The lowest BCUT2D eigenvalue weighted by Crippen LogP contribution is -2.29. The first-order chi connectivity index (χ1) is 10.1. The normalized spacial score (nSPS) is 13.1. The van der Waals surface area contributed by atoms with Gasteiger partial charge in [-0.1, -0.05) is 15.9 Å². The molecule has 0 spiro atoms. The third-order valence-electron chi connectivity index (χ3n) is 3.36. The predicted octanol–water partition coefficient (Wildman–Crippen LogP) is 2.96. The maximum absolute atomic E-state index is 12.5. The van der Waals surface area contributed by atoms with E-state index >= 15 is 0 Å². The molecule has 2 heterocycles. The number of carbonyl (C=O) groups is 1. The van der Waals surface area contributed by atoms with Crippen molar-refractivity contribution in [2.24, 2.45) is 0 Å². The van der Waals surface area contributed by atoms with Gasteiger partial charge in [0.05, 0.1) is 10.5 Å². The van der Waals surface area contributed by atoms with Crippen LogP contribution in [0.2, 0.25) is 0 Å². The third-order valence-corrected chi connectivity index (χ3v) is 3.82. The number of benzene rings is 1. The lowest BCUT2D eigenvalue weighted by molar-refractivity contribution is -0.384. The topological polar surface area (TPSA) is 76.3 Å². The molecule has 21 heavy (non-hydrogen) atoms. The summed E-state index contributed by atoms with van der Waals surface area (Å²) in [6, 6.07) is 6.56. The van der Waals surface area contributed by atoms with Gasteiger partial charge in [-0.15, -0.1) is 0 Å². The summed E-state index contributed by atoms with van der Waals surface area (Å²) < 4.78 is 0.642. The minimum Gasteiger partial charge on any atom is -0.302 e. The Bertz CT molecular complexity index is 734. The zero-order valence-electron chi connectivity index (χ0n) is 10.8. The van der Waals surface area contributed by atoms with E-state index in [-0.39, 0.29) is 11.6 Å². The molecule has 1 aromatic carbocycles. The number of anilines is 1. The van der Waals surface area contributed by atoms with Crippen molar-refractivity contribution in [3.8, 4) is 0 Å². The van der Waals surface area contributed by atoms with Gasteiger partial charge in [-0.05, 0) is 30.2 Å². The monoisotopic (exact) mass is 347 g/mol. The fourth-order valence-corrected chi connectivity index (χ4v) is 2.97. The zero-order chi connectivity index (χ0) is 15.0. The van der Waals surface area contributed by atoms with Crippen molar-refractivity contribution in [2.75, 3.05) is 11.4 Å². The summed E-state index contributed by atoms with van der Waals surface area (Å²) >= 11 is 3.27. The van der Waals surface area contributed by atoms with Crippen LogP contribution in [0.15, 0.2) is 41.1 Å². The second kappa shape index (κ2) is 5.25. The van der Waals surface area contributed by atoms with Crippen LogP contribution >= 0.6 is 15.9 Å². The molecule has 0 radical (unpaired) electrons. The van der Waals surface area contributed by atoms with Crippen molar-refractivity contribution in [1.29, 1.82) is 0 Å². The van der Waals surface area contributed by atoms with Crippen molar-refractivity contribution in [3.63, 3.8) is 0 Å². The number of nitro groups is 1. The second-order valence-corrected chi connectivity index (χ2v) is 5.55. The highest BCUT2D eigenvalue weighted by Crippen LogP contribution is 2.40. The van der Waals surface area contributed by atoms with Gasteiger partial charge in [0.2, 0.25) is 0 Å². The number of halogens is 1. The van der Waals surface area contributed by atoms with E-state index in [1.165, 1.54) is 17.2 Å². The van der Waals surface area contributed by atoms with E-state index in [9.17, 15) is 14.9 Å². The molecule has 1 aliphatic heterocycles. The molecule has 7 heteroatoms. The smallest absolute Gasteiger partial charge is 0.294 e. The molecule has 0 aliphatic carbocycles. The molecule has 0 atom stereocenters. The average molecular weight is 348 g/mol. The van der Waals surface area contributed by atoms with Gasteiger partial charge in [0.25, 0.3) is 11.6 Å². The van der Waals surface area contributed by atoms with E-state index < -0.39 is 4.92 Å². The number of hydrogen-bond donors (Lipinski definition) is 0. The van der Waals surface area contributed by atoms with E-state index in [0.717, 1.165) is 5.56 Å². The average Bonchev–Trinajstić information content (AvgIpc) is 2.90. The van der Waals surface area contributed by atoms with Crippen LogP contribution in [0.5, 0.6) is 0 Å². The first-order valence-corrected chi connectivity index (χ1v) is 7.06. The molecule has 106 valence electrons. The van der Waals surface area contributed by atoms with Gasteiger partial charge in [-0.25, -0.2) is 0 Å². The van der Waals surface area contributed by atoms with E-state index in [1.807, 2.05) is 6.07 Å². The summed E-state index contributed by atoms with van der Waals surface area (Å²) in [5.41, 5.74) is 1.54. The molecule has 0 saturated carbocycles. The van der Waals surface area contributed by atoms with Crippen LogP contribution in [-0.2, 0) is 6.42 Å². The number of amides is 1. The molecule has 0 saturated heterocycles. The quantitative estimate of drug-likeness (QED) is 0.618. The molecule has 3 rings (SSSR count). The Morgan fingerprint density at radius 1 is 1.43 bits per heavy atom. The van der Waals surface area contributed by atoms with Crippen molar-refractivity contribution in [2.45, 2.75) is 6.42 Å². The third kappa shape index (κ3) is 2.40. The largest absolute Gasteiger partial charge is 0.302 e. The first kappa shape index (κ1) is 13.7. The number of hydrogen-bond acceptors (Lipinski definition) is 4. The summed E-state index contributed by atoms with van der Waals surface area (Å²) in [6.45, 7) is 0.431. The predicted molar refractivity (Wildman–Crippen MR) is 80.4 cm³/mol. The van der Waals surface area contributed by atoms with E-state index in [4.69, 9.17) is 0 Å². The van der Waals surface area contributed by atoms with Crippen LogP contribution in [-0.4, -0.2) is 22.4 Å². The van der Waals surface area contributed by atoms with Crippen LogP contribution < -0.4 is 4.90 Å². The Labute approximate surface area is 128 Å². The van der Waals surface area contributed by atoms with Crippen molar-refractivity contribution in [3.05, 3.63) is 62.4 Å². The Hall–Kier alpha value is -2.28. The van der Waals surface area contributed by atoms with Crippen molar-refractivity contribution < 1.29 is 9.72 Å². The van der Waals surface area contributed by atoms with Crippen LogP contribution in [0.4, 0.5) is 11.4 Å². The van der Waals surface area contributed by atoms with Crippen molar-refractivity contribution in [1.82, 2.24) is 4.98 Å². The lowest BCUT2D eigenvalue weighted by atomic mass is 10.1. The Balaban J connectivity index is 2.08. The standard InChI is InChI=1S/C14H10BrN3O3/c15-11-6-9-3-5-17(13(9)12(7-11)18(20)21)14(19)10-2-1-4-16-8-10/h1-2,4,6-8H,3,5H2. The van der Waals surface area contributed by atoms with Gasteiger partial charge in [0.15, 0.2) is 0 Å². The number of carbonyl (C=O) groups excluding carboxylic acids is 1. The summed E-state index contributed by atoms with van der Waals surface area (Å²) in [6.07, 6.45) is 3.64.